The summed E-state index contributed by atoms with van der Waals surface area (Å²) in [6.45, 7) is 0.773. The Hall–Kier alpha value is -1.49. The number of carbonyl (C=O) groups is 1. The van der Waals surface area contributed by atoms with Crippen LogP contribution in [0.3, 0.4) is 0 Å². The van der Waals surface area contributed by atoms with E-state index in [1.807, 2.05) is 4.90 Å². The van der Waals surface area contributed by atoms with Gasteiger partial charge < -0.3 is 16.0 Å². The topological polar surface area (TPSA) is 71.2 Å². The molecule has 1 aliphatic rings. The molecule has 1 unspecified atom stereocenters. The molecule has 0 aliphatic carbocycles. The number of nitrogen functional groups attached to an aromatic ring is 1. The predicted molar refractivity (Wildman–Crippen MR) is 72.7 cm³/mol. The van der Waals surface area contributed by atoms with Gasteiger partial charge in [-0.1, -0.05) is 11.6 Å². The summed E-state index contributed by atoms with van der Waals surface area (Å²) >= 11 is 5.90. The van der Waals surface area contributed by atoms with Gasteiger partial charge in [-0.3, -0.25) is 4.79 Å². The Morgan fingerprint density at radius 3 is 3.06 bits per heavy atom. The molecule has 2 heterocycles. The minimum Gasteiger partial charge on any atom is -0.396 e. The summed E-state index contributed by atoms with van der Waals surface area (Å²) in [5.41, 5.74) is 6.48. The van der Waals surface area contributed by atoms with Crippen molar-refractivity contribution in [2.24, 2.45) is 0 Å². The van der Waals surface area contributed by atoms with Crippen molar-refractivity contribution in [1.82, 2.24) is 10.3 Å². The highest BCUT2D eigenvalue weighted by Gasteiger charge is 2.30. The van der Waals surface area contributed by atoms with E-state index in [1.54, 1.807) is 19.2 Å². The summed E-state index contributed by atoms with van der Waals surface area (Å²) in [5, 5.41) is 3.08. The van der Waals surface area contributed by atoms with Gasteiger partial charge in [-0.05, 0) is 31.4 Å². The van der Waals surface area contributed by atoms with Crippen molar-refractivity contribution in [3.63, 3.8) is 0 Å². The Morgan fingerprint density at radius 1 is 1.56 bits per heavy atom. The number of nitrogens with one attached hydrogen (secondary N) is 1. The second-order valence-electron chi connectivity index (χ2n) is 4.37. The monoisotopic (exact) mass is 268 g/mol. The zero-order valence-corrected chi connectivity index (χ0v) is 11.1. The fourth-order valence-electron chi connectivity index (χ4n) is 2.29. The van der Waals surface area contributed by atoms with Crippen LogP contribution in [0.5, 0.6) is 0 Å². The molecule has 0 radical (unpaired) electrons. The van der Waals surface area contributed by atoms with E-state index < -0.39 is 0 Å². The molecule has 2 rings (SSSR count). The molecule has 1 aliphatic heterocycles. The number of piperidine rings is 1. The Kier molecular flexibility index (Phi) is 3.91. The number of pyridine rings is 1. The van der Waals surface area contributed by atoms with Crippen LogP contribution in [0.4, 0.5) is 11.5 Å². The minimum absolute atomic E-state index is 0.00382. The Labute approximate surface area is 111 Å². The zero-order chi connectivity index (χ0) is 13.1. The molecule has 1 amide bonds. The molecule has 1 fully saturated rings. The van der Waals surface area contributed by atoms with Crippen LogP contribution < -0.4 is 16.0 Å². The molecular weight excluding hydrogens is 252 g/mol. The van der Waals surface area contributed by atoms with Crippen molar-refractivity contribution in [2.45, 2.75) is 25.3 Å². The molecule has 98 valence electrons. The average Bonchev–Trinajstić information content (AvgIpc) is 2.40. The maximum absolute atomic E-state index is 11.9. The maximum atomic E-state index is 11.9. The summed E-state index contributed by atoms with van der Waals surface area (Å²) < 4.78 is 0. The van der Waals surface area contributed by atoms with E-state index in [9.17, 15) is 4.79 Å². The van der Waals surface area contributed by atoms with Crippen LogP contribution in [-0.4, -0.2) is 30.5 Å². The molecule has 1 aromatic rings. The number of hydrogen-bond acceptors (Lipinski definition) is 4. The first-order valence-corrected chi connectivity index (χ1v) is 6.41. The first-order chi connectivity index (χ1) is 8.63. The van der Waals surface area contributed by atoms with Gasteiger partial charge in [-0.15, -0.1) is 0 Å². The molecule has 6 heteroatoms. The number of nitrogens with two attached hydrogens (primary N) is 1. The van der Waals surface area contributed by atoms with Crippen molar-refractivity contribution in [2.75, 3.05) is 24.2 Å². The van der Waals surface area contributed by atoms with Gasteiger partial charge in [0.15, 0.2) is 5.82 Å². The number of anilines is 2. The number of hydrogen-bond donors (Lipinski definition) is 2. The third-order valence-corrected chi connectivity index (χ3v) is 3.41. The summed E-state index contributed by atoms with van der Waals surface area (Å²) in [5.74, 6) is 0.603. The maximum Gasteiger partial charge on any atom is 0.242 e. The van der Waals surface area contributed by atoms with Crippen LogP contribution in [0.1, 0.15) is 19.3 Å². The lowest BCUT2D eigenvalue weighted by molar-refractivity contribution is -0.122. The molecular formula is C12H17ClN4O. The van der Waals surface area contributed by atoms with E-state index in [0.717, 1.165) is 25.8 Å². The molecule has 1 atom stereocenters. The van der Waals surface area contributed by atoms with Crippen LogP contribution in [-0.2, 0) is 4.79 Å². The number of halogens is 1. The standard InChI is InChI=1S/C12H17ClN4O/c1-15-12(18)9-4-2-3-7-17(9)11-8(14)5-6-10(13)16-11/h5-6,9H,2-4,7,14H2,1H3,(H,15,18). The molecule has 1 aromatic heterocycles. The molecule has 0 spiro atoms. The van der Waals surface area contributed by atoms with E-state index in [-0.39, 0.29) is 11.9 Å². The number of likely N-dealkylation sites (N-methyl/N-ethyl adjacent to an activating group) is 1. The van der Waals surface area contributed by atoms with Crippen molar-refractivity contribution in [1.29, 1.82) is 0 Å². The Bertz CT molecular complexity index is 452. The highest BCUT2D eigenvalue weighted by atomic mass is 35.5. The molecule has 0 aromatic carbocycles. The normalized spacial score (nSPS) is 19.7. The number of aromatic nitrogens is 1. The van der Waals surface area contributed by atoms with Crippen molar-refractivity contribution < 1.29 is 4.79 Å². The third-order valence-electron chi connectivity index (χ3n) is 3.20. The first kappa shape index (κ1) is 13.0. The molecule has 0 bridgehead atoms. The fourth-order valence-corrected chi connectivity index (χ4v) is 2.43. The summed E-state index contributed by atoms with van der Waals surface area (Å²) in [4.78, 5) is 18.1. The van der Waals surface area contributed by atoms with E-state index in [1.165, 1.54) is 0 Å². The first-order valence-electron chi connectivity index (χ1n) is 6.03. The van der Waals surface area contributed by atoms with Crippen LogP contribution in [0, 0.1) is 0 Å². The SMILES string of the molecule is CNC(=O)C1CCCCN1c1nc(Cl)ccc1N. The minimum atomic E-state index is -0.211. The Morgan fingerprint density at radius 2 is 2.33 bits per heavy atom. The summed E-state index contributed by atoms with van der Waals surface area (Å²) in [6, 6.07) is 3.16. The van der Waals surface area contributed by atoms with Gasteiger partial charge in [0.25, 0.3) is 0 Å². The number of carbonyl (C=O) groups excluding carboxylic acids is 1. The van der Waals surface area contributed by atoms with E-state index in [4.69, 9.17) is 17.3 Å². The highest BCUT2D eigenvalue weighted by molar-refractivity contribution is 6.29. The van der Waals surface area contributed by atoms with E-state index in [0.29, 0.717) is 16.7 Å². The quantitative estimate of drug-likeness (QED) is 0.796. The Balaban J connectivity index is 2.33. The zero-order valence-electron chi connectivity index (χ0n) is 10.3. The predicted octanol–water partition coefficient (Wildman–Crippen LogP) is 1.42. The highest BCUT2D eigenvalue weighted by Crippen LogP contribution is 2.29. The van der Waals surface area contributed by atoms with Crippen molar-refractivity contribution in [3.8, 4) is 0 Å². The average molecular weight is 269 g/mol. The van der Waals surface area contributed by atoms with E-state index >= 15 is 0 Å². The van der Waals surface area contributed by atoms with Gasteiger partial charge in [0.2, 0.25) is 5.91 Å². The molecule has 0 saturated carbocycles. The van der Waals surface area contributed by atoms with Gasteiger partial charge in [-0.2, -0.15) is 0 Å². The third kappa shape index (κ3) is 2.51. The summed E-state index contributed by atoms with van der Waals surface area (Å²) in [7, 11) is 1.64. The van der Waals surface area contributed by atoms with Crippen LogP contribution in [0.15, 0.2) is 12.1 Å². The van der Waals surface area contributed by atoms with Gasteiger partial charge in [-0.25, -0.2) is 4.98 Å². The molecule has 1 saturated heterocycles. The van der Waals surface area contributed by atoms with Gasteiger partial charge in [0.05, 0.1) is 5.69 Å². The van der Waals surface area contributed by atoms with Gasteiger partial charge in [0.1, 0.15) is 11.2 Å². The summed E-state index contributed by atoms with van der Waals surface area (Å²) in [6.07, 6.45) is 2.88. The second kappa shape index (κ2) is 5.44. The lowest BCUT2D eigenvalue weighted by atomic mass is 10.0. The lowest BCUT2D eigenvalue weighted by Crippen LogP contribution is -2.49. The molecule has 18 heavy (non-hydrogen) atoms. The number of rotatable bonds is 2. The van der Waals surface area contributed by atoms with Crippen LogP contribution >= 0.6 is 11.6 Å². The van der Waals surface area contributed by atoms with E-state index in [2.05, 4.69) is 10.3 Å². The fraction of sp³-hybridized carbons (Fsp3) is 0.500. The van der Waals surface area contributed by atoms with Crippen LogP contribution in [0.2, 0.25) is 5.15 Å². The largest absolute Gasteiger partial charge is 0.396 e. The number of nitrogens with zero attached hydrogens (tertiary/aromatic N) is 2. The smallest absolute Gasteiger partial charge is 0.242 e. The molecule has 5 nitrogen and oxygen atoms in total. The lowest BCUT2D eigenvalue weighted by Gasteiger charge is -2.35. The van der Waals surface area contributed by atoms with Crippen molar-refractivity contribution in [3.05, 3.63) is 17.3 Å². The number of amides is 1. The van der Waals surface area contributed by atoms with Gasteiger partial charge in [0, 0.05) is 13.6 Å². The van der Waals surface area contributed by atoms with Gasteiger partial charge >= 0.3 is 0 Å². The van der Waals surface area contributed by atoms with Crippen LogP contribution in [0.25, 0.3) is 0 Å². The molecule has 3 N–H and O–H groups in total. The second-order valence-corrected chi connectivity index (χ2v) is 4.75. The van der Waals surface area contributed by atoms with Crippen molar-refractivity contribution >= 4 is 29.0 Å².